The van der Waals surface area contributed by atoms with Crippen LogP contribution in [-0.2, 0) is 11.3 Å². The van der Waals surface area contributed by atoms with E-state index in [0.717, 1.165) is 19.4 Å². The molecule has 10 heteroatoms. The van der Waals surface area contributed by atoms with Gasteiger partial charge in [-0.3, -0.25) is 19.5 Å². The molecule has 3 aliphatic rings. The first-order valence-corrected chi connectivity index (χ1v) is 10.9. The predicted octanol–water partition coefficient (Wildman–Crippen LogP) is 0.874. The number of halogens is 1. The fourth-order valence-electron chi connectivity index (χ4n) is 4.83. The predicted molar refractivity (Wildman–Crippen MR) is 120 cm³/mol. The van der Waals surface area contributed by atoms with Crippen LogP contribution >= 0.6 is 0 Å². The van der Waals surface area contributed by atoms with Gasteiger partial charge in [0, 0.05) is 25.3 Å². The molecular formula is C22H26FN7O2. The Balaban J connectivity index is 1.66. The number of hydrogen-bond donors (Lipinski definition) is 2. The molecule has 9 nitrogen and oxygen atoms in total. The molecule has 0 saturated carbocycles. The van der Waals surface area contributed by atoms with E-state index in [1.807, 2.05) is 11.0 Å². The summed E-state index contributed by atoms with van der Waals surface area (Å²) in [5.41, 5.74) is 1.36. The minimum absolute atomic E-state index is 0.0322. The minimum atomic E-state index is -0.641. The van der Waals surface area contributed by atoms with Crippen LogP contribution < -0.4 is 21.1 Å². The molecule has 0 spiro atoms. The number of anilines is 1. The lowest BCUT2D eigenvalue weighted by atomic mass is 10.1. The molecule has 2 unspecified atom stereocenters. The van der Waals surface area contributed by atoms with Crippen molar-refractivity contribution in [3.8, 4) is 0 Å². The number of aliphatic imine (C=N–C) groups is 1. The van der Waals surface area contributed by atoms with Crippen molar-refractivity contribution in [2.75, 3.05) is 31.7 Å². The quantitative estimate of drug-likeness (QED) is 0.734. The molecule has 2 atom stereocenters. The number of aryl methyl sites for hydroxylation is 1. The van der Waals surface area contributed by atoms with Crippen molar-refractivity contribution in [2.24, 2.45) is 4.99 Å². The molecule has 2 fully saturated rings. The molecule has 32 heavy (non-hydrogen) atoms. The van der Waals surface area contributed by atoms with Crippen molar-refractivity contribution in [2.45, 2.75) is 38.6 Å². The van der Waals surface area contributed by atoms with Gasteiger partial charge < -0.3 is 15.1 Å². The first-order valence-electron chi connectivity index (χ1n) is 10.9. The average molecular weight is 439 g/mol. The van der Waals surface area contributed by atoms with Gasteiger partial charge in [0.2, 0.25) is 0 Å². The normalized spacial score (nSPS) is 22.8. The zero-order valence-corrected chi connectivity index (χ0v) is 18.1. The Labute approximate surface area is 184 Å². The number of aromatic nitrogens is 2. The summed E-state index contributed by atoms with van der Waals surface area (Å²) in [6, 6.07) is 5.56. The van der Waals surface area contributed by atoms with Gasteiger partial charge in [0.15, 0.2) is 6.29 Å². The lowest BCUT2D eigenvalue weighted by Gasteiger charge is -2.35. The Morgan fingerprint density at radius 2 is 2.16 bits per heavy atom. The highest BCUT2D eigenvalue weighted by molar-refractivity contribution is 6.22. The van der Waals surface area contributed by atoms with Gasteiger partial charge in [-0.05, 0) is 38.9 Å². The van der Waals surface area contributed by atoms with E-state index < -0.39 is 13.0 Å². The number of fused-ring (bicyclic) bond motifs is 4. The lowest BCUT2D eigenvalue weighted by molar-refractivity contribution is -0.116. The van der Waals surface area contributed by atoms with Gasteiger partial charge in [0.25, 0.3) is 11.5 Å². The van der Waals surface area contributed by atoms with Crippen LogP contribution in [0.3, 0.4) is 0 Å². The summed E-state index contributed by atoms with van der Waals surface area (Å²) in [4.78, 5) is 39.5. The molecule has 5 rings (SSSR count). The molecular weight excluding hydrogens is 413 g/mol. The fourth-order valence-corrected chi connectivity index (χ4v) is 4.83. The summed E-state index contributed by atoms with van der Waals surface area (Å²) >= 11 is 0. The average Bonchev–Trinajstić information content (AvgIpc) is 3.23. The molecule has 0 bridgehead atoms. The van der Waals surface area contributed by atoms with E-state index in [4.69, 9.17) is 4.99 Å². The minimum Gasteiger partial charge on any atom is -0.351 e. The van der Waals surface area contributed by atoms with E-state index >= 15 is 0 Å². The summed E-state index contributed by atoms with van der Waals surface area (Å²) in [6.07, 6.45) is 3.41. The topological polar surface area (TPSA) is 94.9 Å². The lowest BCUT2D eigenvalue weighted by Crippen LogP contribution is -2.48. The van der Waals surface area contributed by atoms with Gasteiger partial charge in [-0.25, -0.2) is 14.4 Å². The van der Waals surface area contributed by atoms with E-state index in [0.29, 0.717) is 40.4 Å². The summed E-state index contributed by atoms with van der Waals surface area (Å²) in [5, 5.41) is 6.61. The van der Waals surface area contributed by atoms with Gasteiger partial charge in [0.1, 0.15) is 23.9 Å². The number of nitrogens with one attached hydrogen (secondary N) is 2. The highest BCUT2D eigenvalue weighted by Crippen LogP contribution is 2.31. The molecule has 3 aliphatic heterocycles. The molecule has 4 heterocycles. The molecule has 2 aromatic rings. The standard InChI is InChI=1S/C22H26FN7O2/c1-13-26-18-15(21(32)28(13)10-8-23)6-3-7-17(18)30-12-16-19(27-22(30)24-2)29-9-4-5-14(29)11-25-20(16)31/h3,6-7,12,14,22,24H,4-5,8-11H2,1-2H3,(H,25,31). The summed E-state index contributed by atoms with van der Waals surface area (Å²) < 4.78 is 14.3. The maximum atomic E-state index is 13.0. The van der Waals surface area contributed by atoms with Crippen LogP contribution in [0.2, 0.25) is 0 Å². The van der Waals surface area contributed by atoms with Crippen molar-refractivity contribution >= 4 is 28.3 Å². The Morgan fingerprint density at radius 1 is 1.31 bits per heavy atom. The number of carbonyl (C=O) groups excluding carboxylic acids is 1. The third kappa shape index (κ3) is 3.17. The van der Waals surface area contributed by atoms with Gasteiger partial charge in [0.05, 0.1) is 23.2 Å². The second-order valence-electron chi connectivity index (χ2n) is 8.24. The second kappa shape index (κ2) is 8.01. The molecule has 2 N–H and O–H groups in total. The number of rotatable bonds is 4. The Bertz CT molecular complexity index is 1200. The number of amidine groups is 1. The first-order chi connectivity index (χ1) is 15.5. The molecule has 0 aliphatic carbocycles. The zero-order chi connectivity index (χ0) is 22.4. The fraction of sp³-hybridized carbons (Fsp3) is 0.455. The number of para-hydroxylation sites is 1. The highest BCUT2D eigenvalue weighted by Gasteiger charge is 2.38. The molecule has 2 saturated heterocycles. The molecule has 1 aromatic carbocycles. The largest absolute Gasteiger partial charge is 0.351 e. The van der Waals surface area contributed by atoms with E-state index in [9.17, 15) is 14.0 Å². The van der Waals surface area contributed by atoms with E-state index in [-0.39, 0.29) is 24.1 Å². The van der Waals surface area contributed by atoms with E-state index in [1.165, 1.54) is 4.57 Å². The number of benzene rings is 1. The van der Waals surface area contributed by atoms with Crippen molar-refractivity contribution in [3.05, 3.63) is 46.2 Å². The van der Waals surface area contributed by atoms with Crippen LogP contribution in [0.4, 0.5) is 10.1 Å². The van der Waals surface area contributed by atoms with Gasteiger partial charge >= 0.3 is 0 Å². The summed E-state index contributed by atoms with van der Waals surface area (Å²) in [7, 11) is 1.80. The van der Waals surface area contributed by atoms with E-state index in [2.05, 4.69) is 20.5 Å². The highest BCUT2D eigenvalue weighted by atomic mass is 19.1. The van der Waals surface area contributed by atoms with Crippen LogP contribution in [0.25, 0.3) is 10.9 Å². The number of alkyl halides is 1. The van der Waals surface area contributed by atoms with E-state index in [1.54, 1.807) is 32.3 Å². The number of amides is 1. The Kier molecular flexibility index (Phi) is 5.16. The van der Waals surface area contributed by atoms with Gasteiger partial charge in [-0.1, -0.05) is 6.07 Å². The summed E-state index contributed by atoms with van der Waals surface area (Å²) in [5.74, 6) is 0.981. The van der Waals surface area contributed by atoms with Gasteiger partial charge in [-0.15, -0.1) is 0 Å². The smallest absolute Gasteiger partial charge is 0.261 e. The number of carbonyl (C=O) groups is 1. The third-order valence-electron chi connectivity index (χ3n) is 6.41. The molecule has 168 valence electrons. The van der Waals surface area contributed by atoms with Crippen molar-refractivity contribution in [3.63, 3.8) is 0 Å². The Morgan fingerprint density at radius 3 is 2.94 bits per heavy atom. The third-order valence-corrected chi connectivity index (χ3v) is 6.41. The zero-order valence-electron chi connectivity index (χ0n) is 18.1. The number of hydrogen-bond acceptors (Lipinski definition) is 7. The maximum Gasteiger partial charge on any atom is 0.261 e. The van der Waals surface area contributed by atoms with Crippen LogP contribution in [0.15, 0.2) is 39.8 Å². The van der Waals surface area contributed by atoms with Gasteiger partial charge in [-0.2, -0.15) is 0 Å². The van der Waals surface area contributed by atoms with Crippen molar-refractivity contribution < 1.29 is 9.18 Å². The van der Waals surface area contributed by atoms with Crippen LogP contribution in [-0.4, -0.2) is 65.3 Å². The van der Waals surface area contributed by atoms with Crippen LogP contribution in [0, 0.1) is 6.92 Å². The molecule has 1 amide bonds. The number of nitrogens with zero attached hydrogens (tertiary/aromatic N) is 5. The van der Waals surface area contributed by atoms with Crippen LogP contribution in [0.5, 0.6) is 0 Å². The summed E-state index contributed by atoms with van der Waals surface area (Å²) in [6.45, 7) is 2.49. The first kappa shape index (κ1) is 20.6. The maximum absolute atomic E-state index is 13.0. The molecule has 0 radical (unpaired) electrons. The van der Waals surface area contributed by atoms with Crippen LogP contribution in [0.1, 0.15) is 18.7 Å². The Hall–Kier alpha value is -3.27. The SMILES string of the molecule is CNC1N=C2C(=CN1c1cccc3c(=O)n(CCF)c(C)nc13)C(=O)NCC1CCCN21. The van der Waals surface area contributed by atoms with Crippen molar-refractivity contribution in [1.82, 2.24) is 25.1 Å². The molecule has 1 aromatic heterocycles. The van der Waals surface area contributed by atoms with Crippen molar-refractivity contribution in [1.29, 1.82) is 0 Å². The second-order valence-corrected chi connectivity index (χ2v) is 8.24. The monoisotopic (exact) mass is 439 g/mol.